The minimum absolute atomic E-state index is 0.623. The van der Waals surface area contributed by atoms with Gasteiger partial charge >= 0.3 is 0 Å². The quantitative estimate of drug-likeness (QED) is 0.768. The van der Waals surface area contributed by atoms with Crippen LogP contribution < -0.4 is 9.47 Å². The topological polar surface area (TPSA) is 51.5 Å². The number of hydrogen-bond acceptors (Lipinski definition) is 4. The molecule has 1 atom stereocenters. The summed E-state index contributed by atoms with van der Waals surface area (Å²) < 4.78 is 16.3. The summed E-state index contributed by atoms with van der Waals surface area (Å²) >= 11 is 0. The van der Waals surface area contributed by atoms with Crippen LogP contribution in [-0.2, 0) is 4.43 Å². The summed E-state index contributed by atoms with van der Waals surface area (Å²) in [6.07, 6.45) is -0.623. The van der Waals surface area contributed by atoms with Crippen molar-refractivity contribution in [1.29, 1.82) is 5.26 Å². The van der Waals surface area contributed by atoms with Crippen molar-refractivity contribution in [1.82, 2.24) is 0 Å². The Morgan fingerprint density at radius 3 is 2.28 bits per heavy atom. The molecule has 0 aromatic heterocycles. The van der Waals surface area contributed by atoms with Crippen molar-refractivity contribution in [2.45, 2.75) is 25.7 Å². The van der Waals surface area contributed by atoms with Gasteiger partial charge in [0, 0.05) is 5.56 Å². The molecule has 0 amide bonds. The molecule has 1 aromatic carbocycles. The molecule has 0 fully saturated rings. The van der Waals surface area contributed by atoms with E-state index in [0.717, 1.165) is 0 Å². The lowest BCUT2D eigenvalue weighted by atomic mass is 10.1. The first-order chi connectivity index (χ1) is 8.41. The lowest BCUT2D eigenvalue weighted by molar-refractivity contribution is 0.247. The normalized spacial score (nSPS) is 12.7. The molecule has 0 spiro atoms. The van der Waals surface area contributed by atoms with Gasteiger partial charge in [0.2, 0.25) is 0 Å². The van der Waals surface area contributed by atoms with E-state index in [2.05, 4.69) is 6.07 Å². The van der Waals surface area contributed by atoms with Crippen LogP contribution in [0.3, 0.4) is 0 Å². The summed E-state index contributed by atoms with van der Waals surface area (Å²) in [5, 5.41) is 9.28. The predicted octanol–water partition coefficient (Wildman–Crippen LogP) is 3.12. The highest BCUT2D eigenvalue weighted by Crippen LogP contribution is 2.32. The van der Waals surface area contributed by atoms with E-state index < -0.39 is 14.4 Å². The molecule has 0 aliphatic heterocycles. The maximum Gasteiger partial charge on any atom is 0.186 e. The van der Waals surface area contributed by atoms with Gasteiger partial charge in [-0.05, 0) is 37.8 Å². The van der Waals surface area contributed by atoms with E-state index in [4.69, 9.17) is 13.9 Å². The molecule has 98 valence electrons. The number of rotatable bonds is 5. The zero-order valence-corrected chi connectivity index (χ0v) is 12.5. The molecule has 4 nitrogen and oxygen atoms in total. The fraction of sp³-hybridized carbons (Fsp3) is 0.462. The Kier molecular flexibility index (Phi) is 4.76. The van der Waals surface area contributed by atoms with Gasteiger partial charge < -0.3 is 13.9 Å². The standard InChI is InChI=1S/C13H19NO3Si/c1-15-10-6-7-12(16-2)11(8-10)13(9-14)17-18(3,4)5/h6-8,13H,1-5H3. The molecule has 1 aromatic rings. The summed E-state index contributed by atoms with van der Waals surface area (Å²) in [6, 6.07) is 7.54. The second kappa shape index (κ2) is 5.89. The second-order valence-corrected chi connectivity index (χ2v) is 9.31. The highest BCUT2D eigenvalue weighted by atomic mass is 28.4. The highest BCUT2D eigenvalue weighted by molar-refractivity contribution is 6.69. The molecular formula is C13H19NO3Si. The van der Waals surface area contributed by atoms with Gasteiger partial charge in [0.15, 0.2) is 14.4 Å². The fourth-order valence-electron chi connectivity index (χ4n) is 1.56. The maximum absolute atomic E-state index is 9.28. The number of ether oxygens (including phenoxy) is 2. The molecule has 0 N–H and O–H groups in total. The molecule has 1 rings (SSSR count). The van der Waals surface area contributed by atoms with Crippen LogP contribution in [-0.4, -0.2) is 22.5 Å². The molecule has 5 heteroatoms. The van der Waals surface area contributed by atoms with Crippen molar-refractivity contribution >= 4 is 8.32 Å². The Morgan fingerprint density at radius 2 is 1.83 bits per heavy atom. The smallest absolute Gasteiger partial charge is 0.186 e. The first-order valence-electron chi connectivity index (χ1n) is 5.70. The highest BCUT2D eigenvalue weighted by Gasteiger charge is 2.25. The monoisotopic (exact) mass is 265 g/mol. The van der Waals surface area contributed by atoms with Crippen molar-refractivity contribution in [2.24, 2.45) is 0 Å². The second-order valence-electron chi connectivity index (χ2n) is 4.85. The number of benzene rings is 1. The van der Waals surface area contributed by atoms with Crippen LogP contribution in [0, 0.1) is 11.3 Å². The molecule has 0 saturated carbocycles. The Labute approximate surface area is 109 Å². The number of hydrogen-bond donors (Lipinski definition) is 0. The van der Waals surface area contributed by atoms with Crippen LogP contribution >= 0.6 is 0 Å². The Balaban J connectivity index is 3.15. The molecule has 18 heavy (non-hydrogen) atoms. The Bertz CT molecular complexity index is 449. The number of nitriles is 1. The lowest BCUT2D eigenvalue weighted by Crippen LogP contribution is -2.27. The summed E-state index contributed by atoms with van der Waals surface area (Å²) in [5.74, 6) is 1.32. The zero-order valence-electron chi connectivity index (χ0n) is 11.5. The summed E-state index contributed by atoms with van der Waals surface area (Å²) in [4.78, 5) is 0. The molecule has 0 bridgehead atoms. The molecule has 0 heterocycles. The summed E-state index contributed by atoms with van der Waals surface area (Å²) in [6.45, 7) is 6.14. The minimum atomic E-state index is -1.81. The van der Waals surface area contributed by atoms with Crippen LogP contribution in [0.25, 0.3) is 0 Å². The predicted molar refractivity (Wildman–Crippen MR) is 72.3 cm³/mol. The first kappa shape index (κ1) is 14.5. The van der Waals surface area contributed by atoms with Crippen LogP contribution in [0.5, 0.6) is 11.5 Å². The van der Waals surface area contributed by atoms with Gasteiger partial charge in [-0.1, -0.05) is 0 Å². The lowest BCUT2D eigenvalue weighted by Gasteiger charge is -2.23. The fourth-order valence-corrected chi connectivity index (χ4v) is 2.44. The van der Waals surface area contributed by atoms with E-state index in [9.17, 15) is 5.26 Å². The Morgan fingerprint density at radius 1 is 1.17 bits per heavy atom. The van der Waals surface area contributed by atoms with E-state index in [0.29, 0.717) is 17.1 Å². The average molecular weight is 265 g/mol. The van der Waals surface area contributed by atoms with Gasteiger partial charge in [-0.2, -0.15) is 5.26 Å². The molecule has 0 aliphatic rings. The third kappa shape index (κ3) is 3.76. The third-order valence-corrected chi connectivity index (χ3v) is 3.25. The van der Waals surface area contributed by atoms with Gasteiger partial charge in [0.25, 0.3) is 0 Å². The summed E-state index contributed by atoms with van der Waals surface area (Å²) in [5.41, 5.74) is 0.710. The van der Waals surface area contributed by atoms with E-state index in [1.54, 1.807) is 32.4 Å². The van der Waals surface area contributed by atoms with E-state index in [-0.39, 0.29) is 0 Å². The van der Waals surface area contributed by atoms with Gasteiger partial charge in [0.1, 0.15) is 11.5 Å². The SMILES string of the molecule is COc1ccc(OC)c(C(C#N)O[Si](C)(C)C)c1. The van der Waals surface area contributed by atoms with Crippen LogP contribution in [0.4, 0.5) is 0 Å². The zero-order chi connectivity index (χ0) is 13.8. The van der Waals surface area contributed by atoms with Crippen LogP contribution in [0.1, 0.15) is 11.7 Å². The largest absolute Gasteiger partial charge is 0.497 e. The van der Waals surface area contributed by atoms with Crippen LogP contribution in [0.15, 0.2) is 18.2 Å². The van der Waals surface area contributed by atoms with E-state index in [1.165, 1.54) is 0 Å². The van der Waals surface area contributed by atoms with E-state index >= 15 is 0 Å². The van der Waals surface area contributed by atoms with E-state index in [1.807, 2.05) is 19.6 Å². The van der Waals surface area contributed by atoms with Gasteiger partial charge in [-0.25, -0.2) is 0 Å². The van der Waals surface area contributed by atoms with Gasteiger partial charge in [-0.15, -0.1) is 0 Å². The number of methoxy groups -OCH3 is 2. The molecule has 0 radical (unpaired) electrons. The first-order valence-corrected chi connectivity index (χ1v) is 9.11. The van der Waals surface area contributed by atoms with Gasteiger partial charge in [-0.3, -0.25) is 0 Å². The van der Waals surface area contributed by atoms with Gasteiger partial charge in [0.05, 0.1) is 20.3 Å². The van der Waals surface area contributed by atoms with Crippen molar-refractivity contribution in [2.75, 3.05) is 14.2 Å². The summed E-state index contributed by atoms with van der Waals surface area (Å²) in [7, 11) is 1.36. The molecule has 1 unspecified atom stereocenters. The molecule has 0 aliphatic carbocycles. The Hall–Kier alpha value is -1.51. The minimum Gasteiger partial charge on any atom is -0.497 e. The third-order valence-electron chi connectivity index (χ3n) is 2.31. The molecule has 0 saturated heterocycles. The maximum atomic E-state index is 9.28. The van der Waals surface area contributed by atoms with Crippen LogP contribution in [0.2, 0.25) is 19.6 Å². The van der Waals surface area contributed by atoms with Crippen molar-refractivity contribution < 1.29 is 13.9 Å². The molecular weight excluding hydrogens is 246 g/mol. The van der Waals surface area contributed by atoms with Crippen molar-refractivity contribution in [3.05, 3.63) is 23.8 Å². The van der Waals surface area contributed by atoms with Crippen molar-refractivity contribution in [3.8, 4) is 17.6 Å². The average Bonchev–Trinajstić information content (AvgIpc) is 2.34. The van der Waals surface area contributed by atoms with Crippen molar-refractivity contribution in [3.63, 3.8) is 0 Å². The number of nitrogens with zero attached hydrogens (tertiary/aromatic N) is 1.